The van der Waals surface area contributed by atoms with Gasteiger partial charge in [0.15, 0.2) is 5.78 Å². The maximum absolute atomic E-state index is 14.3. The molecule has 2 aromatic rings. The predicted octanol–water partition coefficient (Wildman–Crippen LogP) is 6.53. The van der Waals surface area contributed by atoms with Gasteiger partial charge in [0.2, 0.25) is 0 Å². The van der Waals surface area contributed by atoms with Gasteiger partial charge in [0.05, 0.1) is 17.1 Å². The number of benzene rings is 1. The summed E-state index contributed by atoms with van der Waals surface area (Å²) in [5.41, 5.74) is -4.68. The number of rotatable bonds is 1. The summed E-state index contributed by atoms with van der Waals surface area (Å²) in [5, 5.41) is 0. The van der Waals surface area contributed by atoms with Gasteiger partial charge in [-0.15, -0.1) is 0 Å². The third-order valence-electron chi connectivity index (χ3n) is 5.51. The van der Waals surface area contributed by atoms with Crippen LogP contribution in [0.2, 0.25) is 0 Å². The molecule has 0 spiro atoms. The molecule has 0 saturated heterocycles. The molecule has 1 N–H and O–H groups in total. The zero-order valence-electron chi connectivity index (χ0n) is 16.4. The fraction of sp³-hybridized carbons (Fsp3) is 0.381. The monoisotopic (exact) mass is 446 g/mol. The summed E-state index contributed by atoms with van der Waals surface area (Å²) < 4.78 is 96.6. The first kappa shape index (κ1) is 21.5. The van der Waals surface area contributed by atoms with Crippen molar-refractivity contribution in [3.63, 3.8) is 0 Å². The largest absolute Gasteiger partial charge is 0.433 e. The number of alkyl halides is 6. The van der Waals surface area contributed by atoms with Crippen LogP contribution in [0.1, 0.15) is 43.5 Å². The number of hydrogen-bond acceptors (Lipinski definition) is 2. The van der Waals surface area contributed by atoms with E-state index in [9.17, 15) is 35.5 Å². The predicted molar refractivity (Wildman–Crippen MR) is 98.1 cm³/mol. The molecule has 0 saturated carbocycles. The summed E-state index contributed by atoms with van der Waals surface area (Å²) >= 11 is 0. The van der Waals surface area contributed by atoms with Gasteiger partial charge < -0.3 is 9.88 Å². The lowest BCUT2D eigenvalue weighted by Gasteiger charge is -2.41. The first-order valence-corrected chi connectivity index (χ1v) is 9.39. The van der Waals surface area contributed by atoms with Crippen molar-refractivity contribution in [3.8, 4) is 0 Å². The summed E-state index contributed by atoms with van der Waals surface area (Å²) in [6.45, 7) is 3.60. The molecule has 0 unspecified atom stereocenters. The summed E-state index contributed by atoms with van der Waals surface area (Å²) in [6, 6.07) is 2.44. The summed E-state index contributed by atoms with van der Waals surface area (Å²) in [4.78, 5) is 15.7. The summed E-state index contributed by atoms with van der Waals surface area (Å²) in [5.74, 6) is -2.21. The third-order valence-corrected chi connectivity index (χ3v) is 5.51. The SMILES string of the molecule is CC1(C)CC(=O)C2=C(Cc3c[nH]c(C(F)(F)F)c3N2c2cccc(F)c2C(F)(F)F)C1. The molecule has 3 nitrogen and oxygen atoms in total. The topological polar surface area (TPSA) is 36.1 Å². The number of anilines is 2. The molecule has 0 bridgehead atoms. The Morgan fingerprint density at radius 3 is 2.32 bits per heavy atom. The number of halogens is 7. The first-order valence-electron chi connectivity index (χ1n) is 9.39. The van der Waals surface area contributed by atoms with Crippen molar-refractivity contribution in [3.05, 3.63) is 58.3 Å². The number of ketones is 1. The number of carbonyl (C=O) groups is 1. The second-order valence-corrected chi connectivity index (χ2v) is 8.57. The van der Waals surface area contributed by atoms with E-state index in [0.29, 0.717) is 23.0 Å². The lowest BCUT2D eigenvalue weighted by molar-refractivity contribution is -0.140. The molecule has 1 aromatic carbocycles. The molecule has 2 heterocycles. The number of aromatic nitrogens is 1. The van der Waals surface area contributed by atoms with E-state index in [4.69, 9.17) is 0 Å². The molecular formula is C21H17F7N2O. The standard InChI is InChI=1S/C21H17F7N2O/c1-19(2)7-10-6-11-9-29-18(21(26,27)28)17(11)30(16(10)14(31)8-19)13-5-3-4-12(22)15(13)20(23,24)25/h3-5,9,29H,6-8H2,1-2H3. The number of nitrogens with zero attached hydrogens (tertiary/aromatic N) is 1. The molecular weight excluding hydrogens is 429 g/mol. The Bertz CT molecular complexity index is 1110. The maximum Gasteiger partial charge on any atom is 0.433 e. The molecule has 166 valence electrons. The van der Waals surface area contributed by atoms with Crippen molar-refractivity contribution in [2.75, 3.05) is 4.90 Å². The fourth-order valence-electron chi connectivity index (χ4n) is 4.49. The Hall–Kier alpha value is -2.78. The molecule has 10 heteroatoms. The van der Waals surface area contributed by atoms with Crippen LogP contribution in [0.4, 0.5) is 42.1 Å². The zero-order valence-corrected chi connectivity index (χ0v) is 16.4. The van der Waals surface area contributed by atoms with E-state index in [0.717, 1.165) is 18.3 Å². The van der Waals surface area contributed by atoms with E-state index in [1.165, 1.54) is 0 Å². The number of H-pyrrole nitrogens is 1. The summed E-state index contributed by atoms with van der Waals surface area (Å²) in [6.07, 6.45) is -8.79. The highest BCUT2D eigenvalue weighted by Crippen LogP contribution is 2.53. The number of allylic oxidation sites excluding steroid dienone is 2. The van der Waals surface area contributed by atoms with Crippen LogP contribution in [0.3, 0.4) is 0 Å². The number of nitrogens with one attached hydrogen (secondary N) is 1. The lowest BCUT2D eigenvalue weighted by Crippen LogP contribution is -2.38. The molecule has 31 heavy (non-hydrogen) atoms. The van der Waals surface area contributed by atoms with Crippen molar-refractivity contribution in [2.45, 2.75) is 45.5 Å². The number of carbonyl (C=O) groups excluding carboxylic acids is 1. The minimum Gasteiger partial charge on any atom is -0.356 e. The van der Waals surface area contributed by atoms with Crippen LogP contribution in [-0.2, 0) is 23.6 Å². The second-order valence-electron chi connectivity index (χ2n) is 8.57. The zero-order chi connectivity index (χ0) is 22.9. The van der Waals surface area contributed by atoms with E-state index in [-0.39, 0.29) is 24.1 Å². The molecule has 0 fully saturated rings. The van der Waals surface area contributed by atoms with Crippen molar-refractivity contribution in [2.24, 2.45) is 5.41 Å². The van der Waals surface area contributed by atoms with Crippen LogP contribution in [0.25, 0.3) is 0 Å². The average molecular weight is 446 g/mol. The normalized spacial score (nSPS) is 18.9. The Balaban J connectivity index is 2.07. The van der Waals surface area contributed by atoms with Gasteiger partial charge in [-0.2, -0.15) is 26.3 Å². The fourth-order valence-corrected chi connectivity index (χ4v) is 4.49. The van der Waals surface area contributed by atoms with Gasteiger partial charge in [-0.3, -0.25) is 4.79 Å². The van der Waals surface area contributed by atoms with E-state index < -0.39 is 52.0 Å². The van der Waals surface area contributed by atoms with E-state index in [1.807, 2.05) is 0 Å². The van der Waals surface area contributed by atoms with Crippen LogP contribution in [0, 0.1) is 11.2 Å². The van der Waals surface area contributed by atoms with Crippen molar-refractivity contribution in [1.82, 2.24) is 4.98 Å². The second kappa shape index (κ2) is 6.61. The summed E-state index contributed by atoms with van der Waals surface area (Å²) in [7, 11) is 0. The Morgan fingerprint density at radius 1 is 1.03 bits per heavy atom. The average Bonchev–Trinajstić information content (AvgIpc) is 3.01. The number of fused-ring (bicyclic) bond motifs is 1. The first-order chi connectivity index (χ1) is 14.2. The highest BCUT2D eigenvalue weighted by Gasteiger charge is 2.47. The van der Waals surface area contributed by atoms with Gasteiger partial charge in [-0.25, -0.2) is 4.39 Å². The lowest BCUT2D eigenvalue weighted by atomic mass is 9.72. The molecule has 0 radical (unpaired) electrons. The molecule has 1 aliphatic heterocycles. The van der Waals surface area contributed by atoms with Crippen molar-refractivity contribution >= 4 is 17.2 Å². The highest BCUT2D eigenvalue weighted by atomic mass is 19.4. The van der Waals surface area contributed by atoms with E-state index >= 15 is 0 Å². The smallest absolute Gasteiger partial charge is 0.356 e. The Labute approximate surface area is 172 Å². The molecule has 2 aliphatic rings. The van der Waals surface area contributed by atoms with E-state index in [2.05, 4.69) is 4.98 Å². The van der Waals surface area contributed by atoms with Crippen LogP contribution in [0.15, 0.2) is 35.7 Å². The molecule has 4 rings (SSSR count). The van der Waals surface area contributed by atoms with Crippen molar-refractivity contribution in [1.29, 1.82) is 0 Å². The minimum absolute atomic E-state index is 0.0143. The maximum atomic E-state index is 14.3. The van der Waals surface area contributed by atoms with Crippen LogP contribution < -0.4 is 4.90 Å². The van der Waals surface area contributed by atoms with Gasteiger partial charge in [0, 0.05) is 12.6 Å². The molecule has 1 aliphatic carbocycles. The molecule has 1 aromatic heterocycles. The van der Waals surface area contributed by atoms with Gasteiger partial charge >= 0.3 is 12.4 Å². The van der Waals surface area contributed by atoms with Crippen LogP contribution in [0.5, 0.6) is 0 Å². The number of aromatic amines is 1. The van der Waals surface area contributed by atoms with Gasteiger partial charge in [-0.05, 0) is 41.5 Å². The number of Topliss-reactive ketones (excluding diaryl/α,β-unsaturated/α-hetero) is 1. The van der Waals surface area contributed by atoms with Gasteiger partial charge in [-0.1, -0.05) is 19.9 Å². The van der Waals surface area contributed by atoms with Gasteiger partial charge in [0.1, 0.15) is 17.1 Å². The third kappa shape index (κ3) is 3.51. The quantitative estimate of drug-likeness (QED) is 0.506. The molecule has 0 amide bonds. The van der Waals surface area contributed by atoms with Crippen molar-refractivity contribution < 1.29 is 35.5 Å². The molecule has 0 atom stereocenters. The Kier molecular flexibility index (Phi) is 4.57. The van der Waals surface area contributed by atoms with Crippen LogP contribution in [-0.4, -0.2) is 10.8 Å². The van der Waals surface area contributed by atoms with Gasteiger partial charge in [0.25, 0.3) is 0 Å². The number of hydrogen-bond donors (Lipinski definition) is 1. The Morgan fingerprint density at radius 2 is 1.71 bits per heavy atom. The minimum atomic E-state index is -5.19. The van der Waals surface area contributed by atoms with Crippen LogP contribution >= 0.6 is 0 Å². The van der Waals surface area contributed by atoms with E-state index in [1.54, 1.807) is 13.8 Å². The highest BCUT2D eigenvalue weighted by molar-refractivity contribution is 6.05.